The van der Waals surface area contributed by atoms with Gasteiger partial charge in [0, 0.05) is 29.9 Å². The van der Waals surface area contributed by atoms with E-state index in [-0.39, 0.29) is 23.7 Å². The predicted molar refractivity (Wildman–Crippen MR) is 140 cm³/mol. The third kappa shape index (κ3) is 4.80. The van der Waals surface area contributed by atoms with Crippen molar-refractivity contribution in [2.45, 2.75) is 44.8 Å². The number of ether oxygens (including phenoxy) is 2. The fourth-order valence-electron chi connectivity index (χ4n) is 4.46. The first-order valence-corrected chi connectivity index (χ1v) is 12.7. The molecule has 1 fully saturated rings. The molecule has 0 spiro atoms. The van der Waals surface area contributed by atoms with Gasteiger partial charge in [0.15, 0.2) is 17.0 Å². The van der Waals surface area contributed by atoms with Crippen LogP contribution in [-0.2, 0) is 6.18 Å². The lowest BCUT2D eigenvalue weighted by Crippen LogP contribution is -2.05. The van der Waals surface area contributed by atoms with Gasteiger partial charge >= 0.3 is 6.18 Å². The average molecular weight is 548 g/mol. The molecule has 1 saturated carbocycles. The van der Waals surface area contributed by atoms with Crippen LogP contribution in [0.4, 0.5) is 13.2 Å². The Hall–Kier alpha value is -4.61. The molecule has 0 unspecified atom stereocenters. The Morgan fingerprint density at radius 2 is 1.73 bits per heavy atom. The first-order valence-electron chi connectivity index (χ1n) is 12.7. The van der Waals surface area contributed by atoms with E-state index in [9.17, 15) is 13.2 Å². The Morgan fingerprint density at radius 3 is 2.40 bits per heavy atom. The quantitative estimate of drug-likeness (QED) is 0.224. The minimum absolute atomic E-state index is 0.212. The molecule has 12 heteroatoms. The van der Waals surface area contributed by atoms with E-state index in [1.165, 1.54) is 18.0 Å². The lowest BCUT2D eigenvalue weighted by molar-refractivity contribution is -0.140. The van der Waals surface area contributed by atoms with Crippen LogP contribution in [-0.4, -0.2) is 41.6 Å². The highest BCUT2D eigenvalue weighted by Gasteiger charge is 2.35. The largest absolute Gasteiger partial charge is 0.480 e. The van der Waals surface area contributed by atoms with Crippen LogP contribution >= 0.6 is 0 Å². The van der Waals surface area contributed by atoms with Crippen molar-refractivity contribution in [2.75, 3.05) is 7.11 Å². The molecule has 0 aliphatic heterocycles. The number of rotatable bonds is 7. The van der Waals surface area contributed by atoms with Gasteiger partial charge < -0.3 is 14.0 Å². The highest BCUT2D eigenvalue weighted by Crippen LogP contribution is 2.45. The molecule has 0 atom stereocenters. The van der Waals surface area contributed by atoms with Crippen molar-refractivity contribution >= 4 is 11.0 Å². The molecule has 40 heavy (non-hydrogen) atoms. The summed E-state index contributed by atoms with van der Waals surface area (Å²) in [7, 11) is 1.53. The number of pyridine rings is 1. The summed E-state index contributed by atoms with van der Waals surface area (Å²) in [5.41, 5.74) is 2.02. The van der Waals surface area contributed by atoms with E-state index in [2.05, 4.69) is 19.9 Å². The molecule has 5 aromatic rings. The number of benzene rings is 1. The first-order chi connectivity index (χ1) is 19.2. The fourth-order valence-corrected chi connectivity index (χ4v) is 4.46. The summed E-state index contributed by atoms with van der Waals surface area (Å²) in [5.74, 6) is 1.85. The molecule has 0 radical (unpaired) electrons. The topological polar surface area (TPSA) is 101 Å². The molecule has 1 aliphatic rings. The normalized spacial score (nSPS) is 13.7. The summed E-state index contributed by atoms with van der Waals surface area (Å²) in [6.45, 7) is 3.60. The maximum absolute atomic E-state index is 13.3. The number of hydrogen-bond donors (Lipinski definition) is 0. The number of halogens is 3. The molecule has 1 aliphatic carbocycles. The van der Waals surface area contributed by atoms with Gasteiger partial charge in [0.05, 0.1) is 18.3 Å². The van der Waals surface area contributed by atoms with Gasteiger partial charge in [-0.1, -0.05) is 0 Å². The van der Waals surface area contributed by atoms with E-state index in [4.69, 9.17) is 19.4 Å². The molecule has 9 nitrogen and oxygen atoms in total. The summed E-state index contributed by atoms with van der Waals surface area (Å²) < 4.78 is 53.2. The number of imidazole rings is 1. The molecule has 6 rings (SSSR count). The van der Waals surface area contributed by atoms with E-state index in [0.717, 1.165) is 24.7 Å². The molecule has 0 amide bonds. The van der Waals surface area contributed by atoms with E-state index in [1.807, 2.05) is 0 Å². The van der Waals surface area contributed by atoms with Gasteiger partial charge in [0.1, 0.15) is 23.5 Å². The Morgan fingerprint density at radius 1 is 0.950 bits per heavy atom. The van der Waals surface area contributed by atoms with E-state index in [1.54, 1.807) is 56.4 Å². The van der Waals surface area contributed by atoms with Crippen LogP contribution in [0.1, 0.15) is 50.0 Å². The smallest absolute Gasteiger partial charge is 0.434 e. The van der Waals surface area contributed by atoms with Crippen molar-refractivity contribution in [3.05, 3.63) is 66.5 Å². The van der Waals surface area contributed by atoms with Crippen LogP contribution in [0.2, 0.25) is 0 Å². The monoisotopic (exact) mass is 547 g/mol. The zero-order valence-corrected chi connectivity index (χ0v) is 21.8. The summed E-state index contributed by atoms with van der Waals surface area (Å²) in [6.07, 6.45) is 1.60. The van der Waals surface area contributed by atoms with E-state index in [0.29, 0.717) is 39.6 Å². The van der Waals surface area contributed by atoms with Gasteiger partial charge in [0.25, 0.3) is 0 Å². The van der Waals surface area contributed by atoms with Gasteiger partial charge in [0.2, 0.25) is 11.8 Å². The first kappa shape index (κ1) is 25.7. The zero-order valence-electron chi connectivity index (χ0n) is 21.8. The number of fused-ring (bicyclic) bond motifs is 1. The highest BCUT2D eigenvalue weighted by molar-refractivity contribution is 5.82. The number of aromatic nitrogens is 7. The Balaban J connectivity index is 1.39. The molecule has 0 bridgehead atoms. The number of methoxy groups -OCH3 is 1. The van der Waals surface area contributed by atoms with Crippen molar-refractivity contribution in [2.24, 2.45) is 0 Å². The third-order valence-corrected chi connectivity index (χ3v) is 6.55. The summed E-state index contributed by atoms with van der Waals surface area (Å²) in [6, 6.07) is 9.98. The van der Waals surface area contributed by atoms with Gasteiger partial charge in [-0.15, -0.1) is 0 Å². The van der Waals surface area contributed by atoms with Crippen molar-refractivity contribution in [1.29, 1.82) is 0 Å². The minimum Gasteiger partial charge on any atom is -0.480 e. The summed E-state index contributed by atoms with van der Waals surface area (Å²) in [4.78, 5) is 26.4. The van der Waals surface area contributed by atoms with Crippen LogP contribution in [0.3, 0.4) is 0 Å². The Kier molecular flexibility index (Phi) is 6.32. The number of hydrogen-bond acceptors (Lipinski definition) is 8. The summed E-state index contributed by atoms with van der Waals surface area (Å²) >= 11 is 0. The van der Waals surface area contributed by atoms with Crippen LogP contribution in [0, 0.1) is 0 Å². The lowest BCUT2D eigenvalue weighted by atomic mass is 10.1. The molecular formula is C28H24F3N7O2. The third-order valence-electron chi connectivity index (χ3n) is 6.55. The van der Waals surface area contributed by atoms with Gasteiger partial charge in [-0.25, -0.2) is 24.9 Å². The van der Waals surface area contributed by atoms with Crippen LogP contribution < -0.4 is 9.47 Å². The molecule has 4 aromatic heterocycles. The van der Waals surface area contributed by atoms with Crippen molar-refractivity contribution < 1.29 is 22.6 Å². The van der Waals surface area contributed by atoms with Crippen molar-refractivity contribution in [3.63, 3.8) is 0 Å². The van der Waals surface area contributed by atoms with Gasteiger partial charge in [-0.05, 0) is 63.1 Å². The van der Waals surface area contributed by atoms with E-state index >= 15 is 0 Å². The number of nitrogens with zero attached hydrogens (tertiary/aromatic N) is 7. The van der Waals surface area contributed by atoms with Crippen molar-refractivity contribution in [3.8, 4) is 40.3 Å². The van der Waals surface area contributed by atoms with Crippen LogP contribution in [0.5, 0.6) is 17.5 Å². The zero-order chi connectivity index (χ0) is 28.0. The van der Waals surface area contributed by atoms with E-state index < -0.39 is 11.9 Å². The minimum atomic E-state index is -4.54. The van der Waals surface area contributed by atoms with Crippen molar-refractivity contribution in [1.82, 2.24) is 34.5 Å². The summed E-state index contributed by atoms with van der Waals surface area (Å²) in [5, 5.41) is 0. The maximum atomic E-state index is 13.3. The molecule has 4 heterocycles. The van der Waals surface area contributed by atoms with Gasteiger partial charge in [-0.3, -0.25) is 0 Å². The molecule has 0 saturated heterocycles. The Bertz CT molecular complexity index is 1700. The average Bonchev–Trinajstić information content (AvgIpc) is 3.69. The molecule has 0 N–H and O–H groups in total. The lowest BCUT2D eigenvalue weighted by Gasteiger charge is -2.14. The standard InChI is InChI=1S/C28H24F3N7O2/c1-15(2)38-13-20(28(29,30)31)36-25(38)17-8-10-18(11-9-17)40-27-23-19(5-4-12-32-23)35-24(37-27)21-22(16-6-7-16)33-14-34-26(21)39-3/h4-5,8-16H,6-7H2,1-3H3. The predicted octanol–water partition coefficient (Wildman–Crippen LogP) is 6.62. The number of alkyl halides is 3. The second kappa shape index (κ2) is 9.85. The SMILES string of the molecule is COc1ncnc(C2CC2)c1-c1nc(Oc2ccc(-c3nc(C(F)(F)F)cn3C(C)C)cc2)c2ncccc2n1. The van der Waals surface area contributed by atoms with Gasteiger partial charge in [-0.2, -0.15) is 18.2 Å². The maximum Gasteiger partial charge on any atom is 0.434 e. The fraction of sp³-hybridized carbons (Fsp3) is 0.286. The molecular weight excluding hydrogens is 523 g/mol. The van der Waals surface area contributed by atoms with Crippen LogP contribution in [0.25, 0.3) is 33.8 Å². The molecule has 1 aromatic carbocycles. The highest BCUT2D eigenvalue weighted by atomic mass is 19.4. The second-order valence-corrected chi connectivity index (χ2v) is 9.72. The Labute approximate surface area is 227 Å². The second-order valence-electron chi connectivity index (χ2n) is 9.72. The van der Waals surface area contributed by atoms with Crippen LogP contribution in [0.15, 0.2) is 55.1 Å². The molecule has 204 valence electrons.